The summed E-state index contributed by atoms with van der Waals surface area (Å²) in [5.41, 5.74) is 1.94. The first-order valence-corrected chi connectivity index (χ1v) is 6.52. The molecule has 16 heavy (non-hydrogen) atoms. The number of hydrogen-bond acceptors (Lipinski definition) is 2. The summed E-state index contributed by atoms with van der Waals surface area (Å²) < 4.78 is 1.03. The zero-order valence-corrected chi connectivity index (χ0v) is 11.0. The maximum Gasteiger partial charge on any atom is 0.0992 e. The Morgan fingerprint density at radius 2 is 2.25 bits per heavy atom. The lowest BCUT2D eigenvalue weighted by Gasteiger charge is -2.25. The molecule has 0 bridgehead atoms. The van der Waals surface area contributed by atoms with E-state index in [2.05, 4.69) is 39.9 Å². The summed E-state index contributed by atoms with van der Waals surface area (Å²) in [5.74, 6) is 0. The fourth-order valence-electron chi connectivity index (χ4n) is 1.94. The molecule has 0 saturated heterocycles. The molecule has 0 N–H and O–H groups in total. The molecule has 1 saturated carbocycles. The van der Waals surface area contributed by atoms with E-state index in [9.17, 15) is 0 Å². The van der Waals surface area contributed by atoms with Crippen LogP contribution in [0, 0.1) is 11.3 Å². The number of nitriles is 1. The second kappa shape index (κ2) is 4.88. The van der Waals surface area contributed by atoms with Gasteiger partial charge in [-0.1, -0.05) is 6.92 Å². The van der Waals surface area contributed by atoms with Crippen LogP contribution in [0.2, 0.25) is 0 Å². The van der Waals surface area contributed by atoms with Gasteiger partial charge in [-0.3, -0.25) is 0 Å². The minimum absolute atomic E-state index is 0.711. The molecule has 0 unspecified atom stereocenters. The zero-order valence-electron chi connectivity index (χ0n) is 9.41. The summed E-state index contributed by atoms with van der Waals surface area (Å²) in [4.78, 5) is 2.45. The van der Waals surface area contributed by atoms with Crippen LogP contribution < -0.4 is 4.90 Å². The SMILES string of the molecule is CCCN(c1ccc(C#N)cc1Br)C1CC1. The predicted octanol–water partition coefficient (Wildman–Crippen LogP) is 3.70. The van der Waals surface area contributed by atoms with Crippen LogP contribution in [0.25, 0.3) is 0 Å². The van der Waals surface area contributed by atoms with Crippen LogP contribution in [0.5, 0.6) is 0 Å². The van der Waals surface area contributed by atoms with Crippen LogP contribution in [-0.4, -0.2) is 12.6 Å². The zero-order chi connectivity index (χ0) is 11.5. The Morgan fingerprint density at radius 3 is 2.75 bits per heavy atom. The molecule has 1 aliphatic carbocycles. The normalized spacial score (nSPS) is 14.6. The van der Waals surface area contributed by atoms with Gasteiger partial charge < -0.3 is 4.90 Å². The Labute approximate surface area is 105 Å². The van der Waals surface area contributed by atoms with Crippen molar-refractivity contribution >= 4 is 21.6 Å². The molecule has 1 fully saturated rings. The van der Waals surface area contributed by atoms with E-state index in [1.807, 2.05) is 12.1 Å². The molecular formula is C13H15BrN2. The molecule has 3 heteroatoms. The number of hydrogen-bond donors (Lipinski definition) is 0. The van der Waals surface area contributed by atoms with Crippen molar-refractivity contribution in [2.75, 3.05) is 11.4 Å². The van der Waals surface area contributed by atoms with Crippen molar-refractivity contribution in [2.24, 2.45) is 0 Å². The lowest BCUT2D eigenvalue weighted by Crippen LogP contribution is -2.26. The Bertz CT molecular complexity index is 418. The van der Waals surface area contributed by atoms with Gasteiger partial charge in [0.2, 0.25) is 0 Å². The van der Waals surface area contributed by atoms with Gasteiger partial charge in [0.1, 0.15) is 0 Å². The lowest BCUT2D eigenvalue weighted by molar-refractivity contribution is 0.761. The van der Waals surface area contributed by atoms with Gasteiger partial charge in [0, 0.05) is 17.1 Å². The average Bonchev–Trinajstić information content (AvgIpc) is 3.10. The summed E-state index contributed by atoms with van der Waals surface area (Å²) in [7, 11) is 0. The maximum absolute atomic E-state index is 8.83. The summed E-state index contributed by atoms with van der Waals surface area (Å²) in [6.45, 7) is 3.29. The molecule has 1 aromatic carbocycles. The van der Waals surface area contributed by atoms with Crippen LogP contribution in [0.1, 0.15) is 31.7 Å². The molecule has 0 aromatic heterocycles. The molecule has 2 nitrogen and oxygen atoms in total. The van der Waals surface area contributed by atoms with Gasteiger partial charge in [-0.2, -0.15) is 5.26 Å². The smallest absolute Gasteiger partial charge is 0.0992 e. The number of nitrogens with zero attached hydrogens (tertiary/aromatic N) is 2. The number of halogens is 1. The van der Waals surface area contributed by atoms with E-state index in [0.717, 1.165) is 17.4 Å². The minimum Gasteiger partial charge on any atom is -0.368 e. The van der Waals surface area contributed by atoms with E-state index in [-0.39, 0.29) is 0 Å². The van der Waals surface area contributed by atoms with Gasteiger partial charge in [0.15, 0.2) is 0 Å². The number of benzene rings is 1. The standard InChI is InChI=1S/C13H15BrN2/c1-2-7-16(11-4-5-11)13-6-3-10(9-15)8-12(13)14/h3,6,8,11H,2,4-5,7H2,1H3. The Balaban J connectivity index is 2.27. The topological polar surface area (TPSA) is 27.0 Å². The van der Waals surface area contributed by atoms with E-state index in [1.165, 1.54) is 18.5 Å². The van der Waals surface area contributed by atoms with E-state index < -0.39 is 0 Å². The molecule has 1 aromatic rings. The molecule has 2 rings (SSSR count). The van der Waals surface area contributed by atoms with Crippen molar-refractivity contribution in [3.05, 3.63) is 28.2 Å². The highest BCUT2D eigenvalue weighted by Gasteiger charge is 2.29. The second-order valence-corrected chi connectivity index (χ2v) is 5.06. The fraction of sp³-hybridized carbons (Fsp3) is 0.462. The molecular weight excluding hydrogens is 264 g/mol. The fourth-order valence-corrected chi connectivity index (χ4v) is 2.54. The second-order valence-electron chi connectivity index (χ2n) is 4.20. The molecule has 0 aliphatic heterocycles. The molecule has 84 valence electrons. The maximum atomic E-state index is 8.83. The van der Waals surface area contributed by atoms with E-state index in [0.29, 0.717) is 11.6 Å². The van der Waals surface area contributed by atoms with Crippen LogP contribution >= 0.6 is 15.9 Å². The highest BCUT2D eigenvalue weighted by Crippen LogP contribution is 2.36. The Hall–Kier alpha value is -1.01. The minimum atomic E-state index is 0.711. The first kappa shape index (κ1) is 11.5. The largest absolute Gasteiger partial charge is 0.368 e. The third-order valence-electron chi connectivity index (χ3n) is 2.84. The summed E-state index contributed by atoms with van der Waals surface area (Å²) >= 11 is 3.56. The molecule has 0 spiro atoms. The van der Waals surface area contributed by atoms with Gasteiger partial charge in [-0.25, -0.2) is 0 Å². The third-order valence-corrected chi connectivity index (χ3v) is 3.47. The van der Waals surface area contributed by atoms with E-state index >= 15 is 0 Å². The first-order chi connectivity index (χ1) is 7.76. The van der Waals surface area contributed by atoms with Crippen molar-refractivity contribution in [2.45, 2.75) is 32.2 Å². The number of anilines is 1. The molecule has 0 radical (unpaired) electrons. The van der Waals surface area contributed by atoms with Crippen LogP contribution in [0.4, 0.5) is 5.69 Å². The van der Waals surface area contributed by atoms with Crippen molar-refractivity contribution in [1.29, 1.82) is 5.26 Å². The van der Waals surface area contributed by atoms with Gasteiger partial charge in [-0.15, -0.1) is 0 Å². The van der Waals surface area contributed by atoms with Crippen molar-refractivity contribution in [3.8, 4) is 6.07 Å². The summed E-state index contributed by atoms with van der Waals surface area (Å²) in [6.07, 6.45) is 3.75. The molecule has 1 aliphatic rings. The average molecular weight is 279 g/mol. The van der Waals surface area contributed by atoms with Crippen LogP contribution in [0.3, 0.4) is 0 Å². The summed E-state index contributed by atoms with van der Waals surface area (Å²) in [5, 5.41) is 8.83. The van der Waals surface area contributed by atoms with Gasteiger partial charge >= 0.3 is 0 Å². The Kier molecular flexibility index (Phi) is 3.50. The first-order valence-electron chi connectivity index (χ1n) is 5.72. The summed E-state index contributed by atoms with van der Waals surface area (Å²) in [6, 6.07) is 8.72. The van der Waals surface area contributed by atoms with Crippen LogP contribution in [-0.2, 0) is 0 Å². The monoisotopic (exact) mass is 278 g/mol. The van der Waals surface area contributed by atoms with Crippen LogP contribution in [0.15, 0.2) is 22.7 Å². The highest BCUT2D eigenvalue weighted by atomic mass is 79.9. The van der Waals surface area contributed by atoms with Gasteiger partial charge in [-0.05, 0) is 53.4 Å². The van der Waals surface area contributed by atoms with Crippen molar-refractivity contribution in [3.63, 3.8) is 0 Å². The number of rotatable bonds is 4. The molecule has 0 atom stereocenters. The van der Waals surface area contributed by atoms with Crippen molar-refractivity contribution in [1.82, 2.24) is 0 Å². The van der Waals surface area contributed by atoms with Crippen molar-refractivity contribution < 1.29 is 0 Å². The van der Waals surface area contributed by atoms with Gasteiger partial charge in [0.25, 0.3) is 0 Å². The Morgan fingerprint density at radius 1 is 1.50 bits per heavy atom. The van der Waals surface area contributed by atoms with E-state index in [4.69, 9.17) is 5.26 Å². The quantitative estimate of drug-likeness (QED) is 0.840. The van der Waals surface area contributed by atoms with E-state index in [1.54, 1.807) is 0 Å². The highest BCUT2D eigenvalue weighted by molar-refractivity contribution is 9.10. The predicted molar refractivity (Wildman–Crippen MR) is 69.5 cm³/mol. The third kappa shape index (κ3) is 2.38. The lowest BCUT2D eigenvalue weighted by atomic mass is 10.2. The molecule has 0 amide bonds. The van der Waals surface area contributed by atoms with Gasteiger partial charge in [0.05, 0.1) is 17.3 Å². The molecule has 0 heterocycles.